The summed E-state index contributed by atoms with van der Waals surface area (Å²) in [5, 5.41) is 4.43. The normalized spacial score (nSPS) is 18.5. The lowest BCUT2D eigenvalue weighted by atomic mass is 9.92. The van der Waals surface area contributed by atoms with Crippen molar-refractivity contribution >= 4 is 34.9 Å². The van der Waals surface area contributed by atoms with Gasteiger partial charge in [-0.2, -0.15) is 0 Å². The number of benzene rings is 1. The highest BCUT2D eigenvalue weighted by Gasteiger charge is 2.57. The van der Waals surface area contributed by atoms with Crippen molar-refractivity contribution in [2.75, 3.05) is 22.9 Å². The summed E-state index contributed by atoms with van der Waals surface area (Å²) in [6.07, 6.45) is 7.02. The number of anilines is 3. The van der Waals surface area contributed by atoms with Crippen molar-refractivity contribution in [1.29, 1.82) is 0 Å². The van der Waals surface area contributed by atoms with Crippen LogP contribution in [0, 0.1) is 0 Å². The molecule has 3 aliphatic heterocycles. The number of nitrogens with zero attached hydrogens (tertiary/aromatic N) is 4. The zero-order chi connectivity index (χ0) is 24.0. The molecule has 0 bridgehead atoms. The smallest absolute Gasteiger partial charge is 0.328 e. The van der Waals surface area contributed by atoms with Crippen molar-refractivity contribution in [3.05, 3.63) is 66.6 Å². The first-order chi connectivity index (χ1) is 17.0. The van der Waals surface area contributed by atoms with Crippen molar-refractivity contribution < 1.29 is 19.1 Å². The molecule has 1 aromatic carbocycles. The summed E-state index contributed by atoms with van der Waals surface area (Å²) in [5.74, 6) is -0.132. The third-order valence-corrected chi connectivity index (χ3v) is 6.76. The molecule has 3 aromatic rings. The minimum Gasteiger partial charge on any atom is -0.439 e. The van der Waals surface area contributed by atoms with Crippen LogP contribution in [0.3, 0.4) is 0 Å². The number of urea groups is 1. The molecule has 176 valence electrons. The van der Waals surface area contributed by atoms with Gasteiger partial charge in [0.2, 0.25) is 5.88 Å². The van der Waals surface area contributed by atoms with Crippen LogP contribution in [0.15, 0.2) is 61.1 Å². The summed E-state index contributed by atoms with van der Waals surface area (Å²) in [4.78, 5) is 49.3. The molecule has 2 fully saturated rings. The van der Waals surface area contributed by atoms with E-state index in [1.165, 1.54) is 5.56 Å². The number of carbonyl (C=O) groups excluding carboxylic acids is 3. The molecule has 0 unspecified atom stereocenters. The third kappa shape index (κ3) is 3.45. The average molecular weight is 470 g/mol. The van der Waals surface area contributed by atoms with Gasteiger partial charge in [0.25, 0.3) is 11.8 Å². The first-order valence-corrected chi connectivity index (χ1v) is 11.4. The SMILES string of the molecule is O=C1NC(=O)C2(CCCN2c2ccc(Oc3ccc4c(c3)CCN4c3ccncc3)nc2)C(=O)N1. The summed E-state index contributed by atoms with van der Waals surface area (Å²) >= 11 is 0. The summed E-state index contributed by atoms with van der Waals surface area (Å²) in [7, 11) is 0. The predicted octanol–water partition coefficient (Wildman–Crippen LogP) is 2.67. The number of amides is 4. The molecular formula is C25H22N6O4. The van der Waals surface area contributed by atoms with Gasteiger partial charge in [0.15, 0.2) is 5.54 Å². The minimum atomic E-state index is -1.45. The van der Waals surface area contributed by atoms with Crippen molar-refractivity contribution in [3.63, 3.8) is 0 Å². The van der Waals surface area contributed by atoms with E-state index in [0.717, 1.165) is 24.3 Å². The fourth-order valence-electron chi connectivity index (χ4n) is 5.13. The van der Waals surface area contributed by atoms with E-state index in [2.05, 4.69) is 25.5 Å². The van der Waals surface area contributed by atoms with Gasteiger partial charge in [-0.3, -0.25) is 25.2 Å². The summed E-state index contributed by atoms with van der Waals surface area (Å²) in [5.41, 5.74) is 2.61. The van der Waals surface area contributed by atoms with Crippen LogP contribution >= 0.6 is 0 Å². The van der Waals surface area contributed by atoms with Crippen LogP contribution in [0.4, 0.5) is 21.9 Å². The Labute approximate surface area is 200 Å². The van der Waals surface area contributed by atoms with Gasteiger partial charge in [0, 0.05) is 42.9 Å². The monoisotopic (exact) mass is 470 g/mol. The van der Waals surface area contributed by atoms with Gasteiger partial charge in [-0.25, -0.2) is 9.78 Å². The van der Waals surface area contributed by atoms with Crippen molar-refractivity contribution in [1.82, 2.24) is 20.6 Å². The number of rotatable bonds is 4. The summed E-state index contributed by atoms with van der Waals surface area (Å²) in [6.45, 7) is 1.38. The Morgan fingerprint density at radius 1 is 0.914 bits per heavy atom. The molecule has 0 radical (unpaired) electrons. The van der Waals surface area contributed by atoms with Crippen molar-refractivity contribution in [2.45, 2.75) is 24.8 Å². The molecule has 2 N–H and O–H groups in total. The highest BCUT2D eigenvalue weighted by atomic mass is 16.5. The number of nitrogens with one attached hydrogen (secondary N) is 2. The second-order valence-electron chi connectivity index (χ2n) is 8.71. The number of pyridine rings is 2. The standard InChI is InChI=1S/C25H22N6O4/c32-22-25(23(33)29-24(34)28-22)9-1-12-31(25)18-2-5-21(27-15-18)35-19-3-4-20-16(14-19)8-13-30(20)17-6-10-26-11-7-17/h2-7,10-11,14-15H,1,8-9,12-13H2,(H2,28,29,32,33,34). The van der Waals surface area contributed by atoms with Crippen LogP contribution in [-0.2, 0) is 16.0 Å². The Balaban J connectivity index is 1.20. The van der Waals surface area contributed by atoms with Gasteiger partial charge >= 0.3 is 6.03 Å². The third-order valence-electron chi connectivity index (χ3n) is 6.76. The molecule has 3 aliphatic rings. The minimum absolute atomic E-state index is 0.321. The highest BCUT2D eigenvalue weighted by molar-refractivity contribution is 6.24. The molecule has 0 saturated carbocycles. The van der Waals surface area contributed by atoms with E-state index < -0.39 is 23.4 Å². The first-order valence-electron chi connectivity index (χ1n) is 11.4. The Morgan fingerprint density at radius 3 is 2.46 bits per heavy atom. The number of imide groups is 2. The molecule has 35 heavy (non-hydrogen) atoms. The van der Waals surface area contributed by atoms with Gasteiger partial charge in [0.1, 0.15) is 5.75 Å². The molecular weight excluding hydrogens is 448 g/mol. The van der Waals surface area contributed by atoms with Crippen LogP contribution in [0.5, 0.6) is 11.6 Å². The van der Waals surface area contributed by atoms with E-state index in [1.807, 2.05) is 30.3 Å². The molecule has 2 saturated heterocycles. The molecule has 4 amide bonds. The average Bonchev–Trinajstić information content (AvgIpc) is 3.49. The van der Waals surface area contributed by atoms with E-state index in [0.29, 0.717) is 36.7 Å². The maximum absolute atomic E-state index is 12.7. The fraction of sp³-hybridized carbons (Fsp3) is 0.240. The van der Waals surface area contributed by atoms with Crippen LogP contribution in [0.2, 0.25) is 0 Å². The number of fused-ring (bicyclic) bond motifs is 1. The van der Waals surface area contributed by atoms with Gasteiger partial charge < -0.3 is 14.5 Å². The topological polar surface area (TPSA) is 117 Å². The summed E-state index contributed by atoms with van der Waals surface area (Å²) < 4.78 is 5.99. The molecule has 0 atom stereocenters. The number of hydrogen-bond donors (Lipinski definition) is 2. The molecule has 1 spiro atoms. The second kappa shape index (κ2) is 8.08. The molecule has 5 heterocycles. The van der Waals surface area contributed by atoms with Gasteiger partial charge in [-0.05, 0) is 61.2 Å². The zero-order valence-electron chi connectivity index (χ0n) is 18.7. The van der Waals surface area contributed by atoms with Crippen LogP contribution in [0.25, 0.3) is 0 Å². The Bertz CT molecular complexity index is 1310. The zero-order valence-corrected chi connectivity index (χ0v) is 18.7. The molecule has 2 aromatic heterocycles. The lowest BCUT2D eigenvalue weighted by molar-refractivity contribution is -0.137. The van der Waals surface area contributed by atoms with Crippen molar-refractivity contribution in [3.8, 4) is 11.6 Å². The van der Waals surface area contributed by atoms with Crippen molar-refractivity contribution in [2.24, 2.45) is 0 Å². The second-order valence-corrected chi connectivity index (χ2v) is 8.71. The Hall–Kier alpha value is -4.47. The van der Waals surface area contributed by atoms with E-state index in [4.69, 9.17) is 4.74 Å². The molecule has 10 heteroatoms. The number of barbiturate groups is 1. The highest BCUT2D eigenvalue weighted by Crippen LogP contribution is 2.38. The Morgan fingerprint density at radius 2 is 1.71 bits per heavy atom. The van der Waals surface area contributed by atoms with Gasteiger partial charge in [-0.1, -0.05) is 0 Å². The first kappa shape index (κ1) is 21.1. The van der Waals surface area contributed by atoms with Gasteiger partial charge in [0.05, 0.1) is 11.9 Å². The molecule has 6 rings (SSSR count). The maximum atomic E-state index is 12.7. The van der Waals surface area contributed by atoms with E-state index >= 15 is 0 Å². The van der Waals surface area contributed by atoms with Crippen LogP contribution in [0.1, 0.15) is 18.4 Å². The number of hydrogen-bond acceptors (Lipinski definition) is 8. The lowest BCUT2D eigenvalue weighted by Gasteiger charge is -2.38. The quantitative estimate of drug-likeness (QED) is 0.559. The number of carbonyl (C=O) groups is 3. The number of aromatic nitrogens is 2. The fourth-order valence-corrected chi connectivity index (χ4v) is 5.13. The largest absolute Gasteiger partial charge is 0.439 e. The van der Waals surface area contributed by atoms with Crippen LogP contribution < -0.4 is 25.2 Å². The number of ether oxygens (including phenoxy) is 1. The van der Waals surface area contributed by atoms with E-state index in [-0.39, 0.29) is 0 Å². The molecule has 10 nitrogen and oxygen atoms in total. The maximum Gasteiger partial charge on any atom is 0.328 e. The van der Waals surface area contributed by atoms with Crippen LogP contribution in [-0.4, -0.2) is 46.4 Å². The summed E-state index contributed by atoms with van der Waals surface area (Å²) in [6, 6.07) is 12.7. The Kier molecular flexibility index (Phi) is 4.87. The van der Waals surface area contributed by atoms with Gasteiger partial charge in [-0.15, -0.1) is 0 Å². The molecule has 0 aliphatic carbocycles. The predicted molar refractivity (Wildman–Crippen MR) is 127 cm³/mol. The van der Waals surface area contributed by atoms with E-state index in [1.54, 1.807) is 35.6 Å². The lowest BCUT2D eigenvalue weighted by Crippen LogP contribution is -2.71. The van der Waals surface area contributed by atoms with E-state index in [9.17, 15) is 14.4 Å².